The Morgan fingerprint density at radius 2 is 1.95 bits per heavy atom. The molecular weight excluding hydrogens is 244 g/mol. The first-order valence-electron chi connectivity index (χ1n) is 5.79. The van der Waals surface area contributed by atoms with Crippen LogP contribution >= 0.6 is 0 Å². The van der Waals surface area contributed by atoms with Gasteiger partial charge in [0.05, 0.1) is 6.20 Å². The van der Waals surface area contributed by atoms with Crippen LogP contribution in [0.25, 0.3) is 0 Å². The minimum atomic E-state index is -0.213. The molecule has 1 heterocycles. The molecule has 0 unspecified atom stereocenters. The number of hydrogen-bond donors (Lipinski definition) is 3. The second-order valence-electron chi connectivity index (χ2n) is 4.03. The standard InChI is InChI=1S/C13H14N4O2/c1-9(18)14-8-10-2-4-11(5-3-10)13(19)16-12-6-7-15-17-12/h2-7H,8H2,1H3,(H,14,18)(H2,15,16,17,19). The van der Waals surface area contributed by atoms with E-state index in [1.165, 1.54) is 6.92 Å². The Kier molecular flexibility index (Phi) is 3.92. The van der Waals surface area contributed by atoms with Crippen molar-refractivity contribution in [1.29, 1.82) is 0 Å². The molecule has 6 nitrogen and oxygen atoms in total. The van der Waals surface area contributed by atoms with Crippen molar-refractivity contribution in [3.8, 4) is 0 Å². The third-order valence-corrected chi connectivity index (χ3v) is 2.51. The van der Waals surface area contributed by atoms with Crippen molar-refractivity contribution in [2.75, 3.05) is 5.32 Å². The number of rotatable bonds is 4. The molecule has 19 heavy (non-hydrogen) atoms. The molecule has 0 fully saturated rings. The van der Waals surface area contributed by atoms with Gasteiger partial charge < -0.3 is 10.6 Å². The van der Waals surface area contributed by atoms with Gasteiger partial charge in [-0.25, -0.2) is 0 Å². The first-order chi connectivity index (χ1) is 9.15. The van der Waals surface area contributed by atoms with Crippen LogP contribution in [0.1, 0.15) is 22.8 Å². The molecule has 2 amide bonds. The van der Waals surface area contributed by atoms with Crippen LogP contribution in [-0.2, 0) is 11.3 Å². The highest BCUT2D eigenvalue weighted by molar-refractivity contribution is 6.03. The molecule has 0 aliphatic carbocycles. The fraction of sp³-hybridized carbons (Fsp3) is 0.154. The molecule has 0 aliphatic heterocycles. The lowest BCUT2D eigenvalue weighted by atomic mass is 10.1. The van der Waals surface area contributed by atoms with E-state index in [0.717, 1.165) is 5.56 Å². The van der Waals surface area contributed by atoms with Gasteiger partial charge in [-0.05, 0) is 17.7 Å². The van der Waals surface area contributed by atoms with E-state index in [1.807, 2.05) is 0 Å². The number of nitrogens with zero attached hydrogens (tertiary/aromatic N) is 1. The first kappa shape index (κ1) is 12.8. The van der Waals surface area contributed by atoms with E-state index in [-0.39, 0.29) is 11.8 Å². The summed E-state index contributed by atoms with van der Waals surface area (Å²) in [5.41, 5.74) is 1.48. The number of nitrogens with one attached hydrogen (secondary N) is 3. The number of carbonyl (C=O) groups is 2. The molecule has 2 aromatic rings. The molecular formula is C13H14N4O2. The average molecular weight is 258 g/mol. The Labute approximate surface area is 110 Å². The van der Waals surface area contributed by atoms with Gasteiger partial charge in [0, 0.05) is 25.1 Å². The Bertz CT molecular complexity index is 561. The molecule has 1 aromatic heterocycles. The minimum Gasteiger partial charge on any atom is -0.352 e. The zero-order valence-electron chi connectivity index (χ0n) is 10.4. The van der Waals surface area contributed by atoms with E-state index in [0.29, 0.717) is 17.9 Å². The highest BCUT2D eigenvalue weighted by Crippen LogP contribution is 2.07. The molecule has 0 radical (unpaired) electrons. The maximum absolute atomic E-state index is 11.9. The second kappa shape index (κ2) is 5.81. The summed E-state index contributed by atoms with van der Waals surface area (Å²) < 4.78 is 0. The number of hydrogen-bond acceptors (Lipinski definition) is 3. The van der Waals surface area contributed by atoms with Crippen LogP contribution in [0.2, 0.25) is 0 Å². The van der Waals surface area contributed by atoms with Crippen molar-refractivity contribution in [2.24, 2.45) is 0 Å². The molecule has 0 bridgehead atoms. The fourth-order valence-corrected chi connectivity index (χ4v) is 1.52. The summed E-state index contributed by atoms with van der Waals surface area (Å²) in [6.07, 6.45) is 1.56. The van der Waals surface area contributed by atoms with Crippen molar-refractivity contribution in [2.45, 2.75) is 13.5 Å². The molecule has 0 aliphatic rings. The molecule has 2 rings (SSSR count). The van der Waals surface area contributed by atoms with Crippen molar-refractivity contribution in [3.63, 3.8) is 0 Å². The average Bonchev–Trinajstić information content (AvgIpc) is 2.89. The number of aromatic nitrogens is 2. The van der Waals surface area contributed by atoms with Gasteiger partial charge in [0.25, 0.3) is 5.91 Å². The Morgan fingerprint density at radius 1 is 1.21 bits per heavy atom. The van der Waals surface area contributed by atoms with Gasteiger partial charge in [-0.3, -0.25) is 14.7 Å². The van der Waals surface area contributed by atoms with Crippen LogP contribution in [0.15, 0.2) is 36.5 Å². The molecule has 0 saturated carbocycles. The van der Waals surface area contributed by atoms with Gasteiger partial charge in [-0.15, -0.1) is 0 Å². The number of amides is 2. The lowest BCUT2D eigenvalue weighted by molar-refractivity contribution is -0.119. The molecule has 0 spiro atoms. The number of aromatic amines is 1. The zero-order valence-corrected chi connectivity index (χ0v) is 10.4. The maximum atomic E-state index is 11.9. The Morgan fingerprint density at radius 3 is 2.53 bits per heavy atom. The van der Waals surface area contributed by atoms with Crippen LogP contribution in [0, 0.1) is 0 Å². The topological polar surface area (TPSA) is 86.9 Å². The number of anilines is 1. The van der Waals surface area contributed by atoms with Crippen molar-refractivity contribution in [3.05, 3.63) is 47.7 Å². The number of H-pyrrole nitrogens is 1. The summed E-state index contributed by atoms with van der Waals surface area (Å²) in [6.45, 7) is 1.92. The monoisotopic (exact) mass is 258 g/mol. The first-order valence-corrected chi connectivity index (χ1v) is 5.79. The van der Waals surface area contributed by atoms with Gasteiger partial charge in [-0.1, -0.05) is 12.1 Å². The van der Waals surface area contributed by atoms with E-state index in [9.17, 15) is 9.59 Å². The molecule has 6 heteroatoms. The Balaban J connectivity index is 1.97. The van der Waals surface area contributed by atoms with E-state index in [1.54, 1.807) is 36.5 Å². The third-order valence-electron chi connectivity index (χ3n) is 2.51. The molecule has 0 saturated heterocycles. The highest BCUT2D eigenvalue weighted by atomic mass is 16.2. The van der Waals surface area contributed by atoms with Crippen molar-refractivity contribution < 1.29 is 9.59 Å². The van der Waals surface area contributed by atoms with Crippen LogP contribution in [0.3, 0.4) is 0 Å². The number of carbonyl (C=O) groups excluding carboxylic acids is 2. The van der Waals surface area contributed by atoms with E-state index < -0.39 is 0 Å². The normalized spacial score (nSPS) is 9.95. The van der Waals surface area contributed by atoms with Crippen LogP contribution < -0.4 is 10.6 Å². The summed E-state index contributed by atoms with van der Waals surface area (Å²) in [4.78, 5) is 22.6. The molecule has 0 atom stereocenters. The van der Waals surface area contributed by atoms with Crippen LogP contribution in [0.4, 0.5) is 5.82 Å². The lowest BCUT2D eigenvalue weighted by Crippen LogP contribution is -2.19. The van der Waals surface area contributed by atoms with Gasteiger partial charge in [-0.2, -0.15) is 5.10 Å². The quantitative estimate of drug-likeness (QED) is 0.772. The zero-order chi connectivity index (χ0) is 13.7. The SMILES string of the molecule is CC(=O)NCc1ccc(C(=O)Nc2ccn[nH]2)cc1. The predicted molar refractivity (Wildman–Crippen MR) is 70.5 cm³/mol. The van der Waals surface area contributed by atoms with Gasteiger partial charge in [0.1, 0.15) is 5.82 Å². The third kappa shape index (κ3) is 3.67. The molecule has 1 aromatic carbocycles. The maximum Gasteiger partial charge on any atom is 0.256 e. The van der Waals surface area contributed by atoms with Crippen LogP contribution in [0.5, 0.6) is 0 Å². The van der Waals surface area contributed by atoms with Crippen molar-refractivity contribution in [1.82, 2.24) is 15.5 Å². The van der Waals surface area contributed by atoms with Gasteiger partial charge >= 0.3 is 0 Å². The summed E-state index contributed by atoms with van der Waals surface area (Å²) >= 11 is 0. The summed E-state index contributed by atoms with van der Waals surface area (Å²) in [7, 11) is 0. The van der Waals surface area contributed by atoms with Crippen molar-refractivity contribution >= 4 is 17.6 Å². The number of benzene rings is 1. The van der Waals surface area contributed by atoms with E-state index >= 15 is 0 Å². The lowest BCUT2D eigenvalue weighted by Gasteiger charge is -2.05. The largest absolute Gasteiger partial charge is 0.352 e. The summed E-state index contributed by atoms with van der Waals surface area (Å²) in [6, 6.07) is 8.70. The molecule has 3 N–H and O–H groups in total. The fourth-order valence-electron chi connectivity index (χ4n) is 1.52. The van der Waals surface area contributed by atoms with Gasteiger partial charge in [0.2, 0.25) is 5.91 Å². The van der Waals surface area contributed by atoms with E-state index in [2.05, 4.69) is 20.8 Å². The smallest absolute Gasteiger partial charge is 0.256 e. The van der Waals surface area contributed by atoms with E-state index in [4.69, 9.17) is 0 Å². The van der Waals surface area contributed by atoms with Gasteiger partial charge in [0.15, 0.2) is 0 Å². The van der Waals surface area contributed by atoms with Crippen LogP contribution in [-0.4, -0.2) is 22.0 Å². The minimum absolute atomic E-state index is 0.0823. The predicted octanol–water partition coefficient (Wildman–Crippen LogP) is 1.30. The molecule has 98 valence electrons. The summed E-state index contributed by atoms with van der Waals surface area (Å²) in [5.74, 6) is 0.253. The second-order valence-corrected chi connectivity index (χ2v) is 4.03. The Hall–Kier alpha value is -2.63. The highest BCUT2D eigenvalue weighted by Gasteiger charge is 2.06. The summed E-state index contributed by atoms with van der Waals surface area (Å²) in [5, 5.41) is 11.8.